The fraction of sp³-hybridized carbons (Fsp3) is 0.538. The van der Waals surface area contributed by atoms with Crippen molar-refractivity contribution < 1.29 is 18.3 Å². The van der Waals surface area contributed by atoms with Crippen LogP contribution in [-0.2, 0) is 10.0 Å². The second-order valence-electron chi connectivity index (χ2n) is 4.77. The number of aliphatic hydroxyl groups excluding tert-OH is 1. The van der Waals surface area contributed by atoms with Crippen LogP contribution in [0.2, 0.25) is 0 Å². The summed E-state index contributed by atoms with van der Waals surface area (Å²) in [5.74, 6) is 0.513. The molecule has 1 aromatic carbocycles. The van der Waals surface area contributed by atoms with Gasteiger partial charge in [0.05, 0.1) is 13.2 Å². The molecular weight excluding hydrogens is 266 g/mol. The summed E-state index contributed by atoms with van der Waals surface area (Å²) < 4.78 is 31.8. The third kappa shape index (κ3) is 4.19. The second kappa shape index (κ2) is 6.36. The molecule has 0 aliphatic heterocycles. The van der Waals surface area contributed by atoms with Crippen LogP contribution < -0.4 is 9.46 Å². The lowest BCUT2D eigenvalue weighted by molar-refractivity contribution is 0.198. The van der Waals surface area contributed by atoms with E-state index in [-0.39, 0.29) is 17.4 Å². The first kappa shape index (κ1) is 15.9. The van der Waals surface area contributed by atoms with Crippen LogP contribution in [-0.4, -0.2) is 33.3 Å². The number of benzene rings is 1. The normalized spacial score (nSPS) is 13.6. The van der Waals surface area contributed by atoms with Crippen molar-refractivity contribution in [3.63, 3.8) is 0 Å². The SMILES string of the molecule is COc1ccc(C(C)C)cc1S(=O)(=O)NCC(C)O. The molecular formula is C13H21NO4S. The van der Waals surface area contributed by atoms with Crippen molar-refractivity contribution in [1.82, 2.24) is 4.72 Å². The van der Waals surface area contributed by atoms with E-state index in [1.165, 1.54) is 14.0 Å². The summed E-state index contributed by atoms with van der Waals surface area (Å²) in [6, 6.07) is 5.09. The summed E-state index contributed by atoms with van der Waals surface area (Å²) in [6.45, 7) is 5.46. The van der Waals surface area contributed by atoms with Crippen LogP contribution in [0.15, 0.2) is 23.1 Å². The Hall–Kier alpha value is -1.11. The third-order valence-corrected chi connectivity index (χ3v) is 4.16. The van der Waals surface area contributed by atoms with Gasteiger partial charge < -0.3 is 9.84 Å². The predicted octanol–water partition coefficient (Wildman–Crippen LogP) is 1.48. The van der Waals surface area contributed by atoms with E-state index in [0.29, 0.717) is 5.75 Å². The predicted molar refractivity (Wildman–Crippen MR) is 74.0 cm³/mol. The molecule has 2 N–H and O–H groups in total. The lowest BCUT2D eigenvalue weighted by Crippen LogP contribution is -2.31. The van der Waals surface area contributed by atoms with E-state index in [9.17, 15) is 13.5 Å². The maximum absolute atomic E-state index is 12.2. The van der Waals surface area contributed by atoms with Gasteiger partial charge >= 0.3 is 0 Å². The van der Waals surface area contributed by atoms with Crippen LogP contribution in [0.4, 0.5) is 0 Å². The van der Waals surface area contributed by atoms with Gasteiger partial charge in [-0.15, -0.1) is 0 Å². The zero-order chi connectivity index (χ0) is 14.6. The fourth-order valence-corrected chi connectivity index (χ4v) is 2.89. The van der Waals surface area contributed by atoms with E-state index in [1.54, 1.807) is 12.1 Å². The summed E-state index contributed by atoms with van der Waals surface area (Å²) in [4.78, 5) is 0.0989. The Bertz CT molecular complexity index is 523. The summed E-state index contributed by atoms with van der Waals surface area (Å²) in [7, 11) is -2.26. The smallest absolute Gasteiger partial charge is 0.244 e. The standard InChI is InChI=1S/C13H21NO4S/c1-9(2)11-5-6-12(18-4)13(7-11)19(16,17)14-8-10(3)15/h5-7,9-10,14-15H,8H2,1-4H3. The molecule has 0 saturated carbocycles. The highest BCUT2D eigenvalue weighted by Gasteiger charge is 2.20. The zero-order valence-corrected chi connectivity index (χ0v) is 12.5. The third-order valence-electron chi connectivity index (χ3n) is 2.71. The number of aliphatic hydroxyl groups is 1. The Kier molecular flexibility index (Phi) is 5.34. The quantitative estimate of drug-likeness (QED) is 0.831. The summed E-state index contributed by atoms with van der Waals surface area (Å²) in [5, 5.41) is 9.17. The molecule has 1 rings (SSSR count). The Morgan fingerprint density at radius 2 is 1.95 bits per heavy atom. The lowest BCUT2D eigenvalue weighted by Gasteiger charge is -2.14. The lowest BCUT2D eigenvalue weighted by atomic mass is 10.0. The average molecular weight is 287 g/mol. The van der Waals surface area contributed by atoms with E-state index < -0.39 is 16.1 Å². The van der Waals surface area contributed by atoms with Crippen molar-refractivity contribution in [2.45, 2.75) is 37.7 Å². The van der Waals surface area contributed by atoms with E-state index in [4.69, 9.17) is 4.74 Å². The number of sulfonamides is 1. The van der Waals surface area contributed by atoms with Crippen molar-refractivity contribution in [2.75, 3.05) is 13.7 Å². The molecule has 108 valence electrons. The Labute approximate surface area is 114 Å². The molecule has 0 radical (unpaired) electrons. The van der Waals surface area contributed by atoms with Crippen molar-refractivity contribution in [3.8, 4) is 5.75 Å². The molecule has 0 amide bonds. The maximum atomic E-state index is 12.2. The van der Waals surface area contributed by atoms with Crippen molar-refractivity contribution in [1.29, 1.82) is 0 Å². The van der Waals surface area contributed by atoms with Crippen LogP contribution in [0, 0.1) is 0 Å². The van der Waals surface area contributed by atoms with Gasteiger partial charge in [0.25, 0.3) is 0 Å². The fourth-order valence-electron chi connectivity index (χ4n) is 1.57. The van der Waals surface area contributed by atoms with Crippen molar-refractivity contribution in [2.24, 2.45) is 0 Å². The largest absolute Gasteiger partial charge is 0.495 e. The van der Waals surface area contributed by atoms with Crippen LogP contribution in [0.3, 0.4) is 0 Å². The van der Waals surface area contributed by atoms with Gasteiger partial charge in [-0.25, -0.2) is 13.1 Å². The maximum Gasteiger partial charge on any atom is 0.244 e. The van der Waals surface area contributed by atoms with Gasteiger partial charge in [-0.1, -0.05) is 19.9 Å². The zero-order valence-electron chi connectivity index (χ0n) is 11.7. The molecule has 0 aromatic heterocycles. The molecule has 1 unspecified atom stereocenters. The van der Waals surface area contributed by atoms with Gasteiger partial charge in [-0.3, -0.25) is 0 Å². The molecule has 0 spiro atoms. The van der Waals surface area contributed by atoms with Crippen LogP contribution in [0.1, 0.15) is 32.3 Å². The minimum Gasteiger partial charge on any atom is -0.495 e. The molecule has 0 fully saturated rings. The Morgan fingerprint density at radius 1 is 1.32 bits per heavy atom. The molecule has 0 aliphatic carbocycles. The van der Waals surface area contributed by atoms with E-state index in [1.807, 2.05) is 19.9 Å². The van der Waals surface area contributed by atoms with Crippen LogP contribution in [0.5, 0.6) is 5.75 Å². The first-order valence-corrected chi connectivity index (χ1v) is 7.62. The summed E-state index contributed by atoms with van der Waals surface area (Å²) >= 11 is 0. The molecule has 1 atom stereocenters. The number of hydrogen-bond donors (Lipinski definition) is 2. The minimum absolute atomic E-state index is 0.0304. The first-order chi connectivity index (χ1) is 8.77. The van der Waals surface area contributed by atoms with Crippen molar-refractivity contribution in [3.05, 3.63) is 23.8 Å². The molecule has 19 heavy (non-hydrogen) atoms. The monoisotopic (exact) mass is 287 g/mol. The highest BCUT2D eigenvalue weighted by atomic mass is 32.2. The molecule has 0 aliphatic rings. The number of nitrogens with one attached hydrogen (secondary N) is 1. The first-order valence-electron chi connectivity index (χ1n) is 6.13. The van der Waals surface area contributed by atoms with E-state index >= 15 is 0 Å². The van der Waals surface area contributed by atoms with Gasteiger partial charge in [0, 0.05) is 6.54 Å². The molecule has 6 heteroatoms. The highest BCUT2D eigenvalue weighted by molar-refractivity contribution is 7.89. The molecule has 5 nitrogen and oxygen atoms in total. The molecule has 0 bridgehead atoms. The average Bonchev–Trinajstić information content (AvgIpc) is 2.35. The van der Waals surface area contributed by atoms with Gasteiger partial charge in [0.1, 0.15) is 10.6 Å². The van der Waals surface area contributed by atoms with Gasteiger partial charge in [-0.2, -0.15) is 0 Å². The summed E-state index contributed by atoms with van der Waals surface area (Å²) in [5.41, 5.74) is 0.915. The topological polar surface area (TPSA) is 75.6 Å². The number of methoxy groups -OCH3 is 1. The van der Waals surface area contributed by atoms with Crippen LogP contribution >= 0.6 is 0 Å². The van der Waals surface area contributed by atoms with Gasteiger partial charge in [-0.05, 0) is 30.5 Å². The summed E-state index contributed by atoms with van der Waals surface area (Å²) in [6.07, 6.45) is -0.742. The number of ether oxygens (including phenoxy) is 1. The number of hydrogen-bond acceptors (Lipinski definition) is 4. The Morgan fingerprint density at radius 3 is 2.42 bits per heavy atom. The number of rotatable bonds is 6. The molecule has 1 aromatic rings. The molecule has 0 saturated heterocycles. The van der Waals surface area contributed by atoms with Crippen molar-refractivity contribution >= 4 is 10.0 Å². The van der Waals surface area contributed by atoms with E-state index in [0.717, 1.165) is 5.56 Å². The second-order valence-corrected chi connectivity index (χ2v) is 6.50. The van der Waals surface area contributed by atoms with E-state index in [2.05, 4.69) is 4.72 Å². The minimum atomic E-state index is -3.69. The Balaban J connectivity index is 3.19. The van der Waals surface area contributed by atoms with Gasteiger partial charge in [0.2, 0.25) is 10.0 Å². The van der Waals surface area contributed by atoms with Crippen LogP contribution in [0.25, 0.3) is 0 Å². The van der Waals surface area contributed by atoms with Gasteiger partial charge in [0.15, 0.2) is 0 Å². The highest BCUT2D eigenvalue weighted by Crippen LogP contribution is 2.27. The molecule has 0 heterocycles.